The second-order valence-corrected chi connectivity index (χ2v) is 9.56. The number of anilines is 2. The molecule has 33 heavy (non-hydrogen) atoms. The number of sulfonamides is 1. The van der Waals surface area contributed by atoms with Gasteiger partial charge in [0.15, 0.2) is 0 Å². The minimum Gasteiger partial charge on any atom is -0.495 e. The molecule has 1 amide bonds. The van der Waals surface area contributed by atoms with Crippen molar-refractivity contribution in [2.24, 2.45) is 0 Å². The summed E-state index contributed by atoms with van der Waals surface area (Å²) in [6, 6.07) is 18.5. The highest BCUT2D eigenvalue weighted by Gasteiger charge is 2.21. The number of para-hydroxylation sites is 1. The molecule has 170 valence electrons. The van der Waals surface area contributed by atoms with Gasteiger partial charge in [0.1, 0.15) is 10.6 Å². The van der Waals surface area contributed by atoms with Gasteiger partial charge in [-0.2, -0.15) is 0 Å². The molecule has 0 fully saturated rings. The van der Waals surface area contributed by atoms with E-state index < -0.39 is 10.0 Å². The fourth-order valence-corrected chi connectivity index (χ4v) is 5.00. The third-order valence-corrected chi connectivity index (χ3v) is 6.85. The topological polar surface area (TPSA) is 100 Å². The van der Waals surface area contributed by atoms with Gasteiger partial charge in [0, 0.05) is 33.0 Å². The third-order valence-electron chi connectivity index (χ3n) is 5.20. The van der Waals surface area contributed by atoms with Crippen LogP contribution in [0.15, 0.2) is 71.6 Å². The van der Waals surface area contributed by atoms with Gasteiger partial charge in [0.25, 0.3) is 10.0 Å². The number of benzene rings is 3. The first-order valence-corrected chi connectivity index (χ1v) is 12.0. The monoisotopic (exact) mass is 483 g/mol. The fourth-order valence-electron chi connectivity index (χ4n) is 3.62. The van der Waals surface area contributed by atoms with Crippen LogP contribution in [-0.2, 0) is 21.2 Å². The molecule has 1 heterocycles. The maximum Gasteiger partial charge on any atom is 0.265 e. The number of carbonyl (C=O) groups excluding carboxylic acids is 1. The minimum absolute atomic E-state index is 0.0963. The molecule has 0 aliphatic heterocycles. The average Bonchev–Trinajstić information content (AvgIpc) is 3.10. The fraction of sp³-hybridized carbons (Fsp3) is 0.125. The van der Waals surface area contributed by atoms with Crippen molar-refractivity contribution in [3.05, 3.63) is 83.0 Å². The van der Waals surface area contributed by atoms with Gasteiger partial charge in [0.2, 0.25) is 5.91 Å². The van der Waals surface area contributed by atoms with Gasteiger partial charge in [-0.1, -0.05) is 29.8 Å². The van der Waals surface area contributed by atoms with Crippen molar-refractivity contribution < 1.29 is 17.9 Å². The summed E-state index contributed by atoms with van der Waals surface area (Å²) in [7, 11) is -2.60. The number of fused-ring (bicyclic) bond motifs is 1. The van der Waals surface area contributed by atoms with E-state index in [9.17, 15) is 13.2 Å². The smallest absolute Gasteiger partial charge is 0.265 e. The molecule has 0 saturated heterocycles. The standard InChI is InChI=1S/C24H22ClN3O4S/c1-15-20(19-5-3-4-6-21(19)26-15)14-24(29)27-18-11-12-22(32-2)23(13-18)33(30,31)28-17-9-7-16(25)8-10-17/h3-13,26,28H,14H2,1-2H3,(H,27,29). The lowest BCUT2D eigenvalue weighted by molar-refractivity contribution is -0.115. The van der Waals surface area contributed by atoms with E-state index in [0.717, 1.165) is 22.2 Å². The van der Waals surface area contributed by atoms with Gasteiger partial charge in [-0.15, -0.1) is 0 Å². The maximum atomic E-state index is 13.0. The van der Waals surface area contributed by atoms with Crippen molar-refractivity contribution in [3.63, 3.8) is 0 Å². The number of ether oxygens (including phenoxy) is 1. The van der Waals surface area contributed by atoms with Crippen molar-refractivity contribution in [2.45, 2.75) is 18.2 Å². The van der Waals surface area contributed by atoms with Crippen LogP contribution in [0.2, 0.25) is 5.02 Å². The molecule has 3 N–H and O–H groups in total. The zero-order chi connectivity index (χ0) is 23.6. The molecule has 0 unspecified atom stereocenters. The number of aryl methyl sites for hydroxylation is 1. The van der Waals surface area contributed by atoms with E-state index >= 15 is 0 Å². The molecule has 0 bridgehead atoms. The van der Waals surface area contributed by atoms with Gasteiger partial charge in [0.05, 0.1) is 13.5 Å². The molecule has 0 atom stereocenters. The van der Waals surface area contributed by atoms with Crippen LogP contribution in [-0.4, -0.2) is 26.4 Å². The number of halogens is 1. The lowest BCUT2D eigenvalue weighted by Crippen LogP contribution is -2.17. The van der Waals surface area contributed by atoms with E-state index in [-0.39, 0.29) is 23.0 Å². The van der Waals surface area contributed by atoms with Gasteiger partial charge in [-0.25, -0.2) is 8.42 Å². The number of methoxy groups -OCH3 is 1. The number of rotatable bonds is 7. The summed E-state index contributed by atoms with van der Waals surface area (Å²) >= 11 is 5.87. The number of hydrogen-bond acceptors (Lipinski definition) is 4. The largest absolute Gasteiger partial charge is 0.495 e. The Morgan fingerprint density at radius 3 is 2.45 bits per heavy atom. The molecule has 0 spiro atoms. The number of H-pyrrole nitrogens is 1. The van der Waals surface area contributed by atoms with Crippen LogP contribution in [0, 0.1) is 6.92 Å². The number of aromatic nitrogens is 1. The molecule has 0 aliphatic rings. The van der Waals surface area contributed by atoms with Crippen LogP contribution >= 0.6 is 11.6 Å². The summed E-state index contributed by atoms with van der Waals surface area (Å²) in [5.41, 5.74) is 3.47. The first kappa shape index (κ1) is 22.7. The van der Waals surface area contributed by atoms with E-state index in [2.05, 4.69) is 15.0 Å². The van der Waals surface area contributed by atoms with Crippen LogP contribution in [0.1, 0.15) is 11.3 Å². The van der Waals surface area contributed by atoms with Crippen LogP contribution in [0.25, 0.3) is 10.9 Å². The Morgan fingerprint density at radius 2 is 1.73 bits per heavy atom. The van der Waals surface area contributed by atoms with Gasteiger partial charge < -0.3 is 15.0 Å². The van der Waals surface area contributed by atoms with Crippen LogP contribution < -0.4 is 14.8 Å². The Balaban J connectivity index is 1.57. The molecule has 0 aliphatic carbocycles. The van der Waals surface area contributed by atoms with Crippen molar-refractivity contribution in [1.29, 1.82) is 0 Å². The Bertz CT molecular complexity index is 1430. The van der Waals surface area contributed by atoms with E-state index in [1.807, 2.05) is 31.2 Å². The predicted octanol–water partition coefficient (Wildman–Crippen LogP) is 5.12. The Labute approximate surface area is 196 Å². The summed E-state index contributed by atoms with van der Waals surface area (Å²) in [4.78, 5) is 16.0. The van der Waals surface area contributed by atoms with Gasteiger partial charge in [-0.3, -0.25) is 9.52 Å². The van der Waals surface area contributed by atoms with Gasteiger partial charge in [-0.05, 0) is 61.0 Å². The summed E-state index contributed by atoms with van der Waals surface area (Å²) in [6.07, 6.45) is 0.146. The van der Waals surface area contributed by atoms with E-state index in [0.29, 0.717) is 16.4 Å². The molecule has 3 aromatic carbocycles. The lowest BCUT2D eigenvalue weighted by Gasteiger charge is -2.14. The van der Waals surface area contributed by atoms with Crippen LogP contribution in [0.5, 0.6) is 5.75 Å². The number of nitrogens with one attached hydrogen (secondary N) is 3. The second-order valence-electron chi connectivity index (χ2n) is 7.48. The molecular formula is C24H22ClN3O4S. The molecule has 7 nitrogen and oxygen atoms in total. The van der Waals surface area contributed by atoms with E-state index in [1.165, 1.54) is 19.2 Å². The highest BCUT2D eigenvalue weighted by molar-refractivity contribution is 7.92. The molecule has 9 heteroatoms. The van der Waals surface area contributed by atoms with Crippen molar-refractivity contribution in [1.82, 2.24) is 4.98 Å². The Hall–Kier alpha value is -3.49. The first-order valence-electron chi connectivity index (χ1n) is 10.1. The molecule has 0 saturated carbocycles. The summed E-state index contributed by atoms with van der Waals surface area (Å²) < 4.78 is 33.8. The molecular weight excluding hydrogens is 462 g/mol. The van der Waals surface area contributed by atoms with Crippen LogP contribution in [0.4, 0.5) is 11.4 Å². The van der Waals surface area contributed by atoms with Crippen LogP contribution in [0.3, 0.4) is 0 Å². The first-order chi connectivity index (χ1) is 15.8. The Kier molecular flexibility index (Phi) is 6.31. The molecule has 1 aromatic heterocycles. The summed E-state index contributed by atoms with van der Waals surface area (Å²) in [5.74, 6) is -0.107. The molecule has 4 aromatic rings. The van der Waals surface area contributed by atoms with E-state index in [1.54, 1.807) is 30.3 Å². The maximum absolute atomic E-state index is 13.0. The van der Waals surface area contributed by atoms with Gasteiger partial charge >= 0.3 is 0 Å². The zero-order valence-electron chi connectivity index (χ0n) is 18.0. The van der Waals surface area contributed by atoms with Crippen molar-refractivity contribution in [3.8, 4) is 5.75 Å². The van der Waals surface area contributed by atoms with Crippen molar-refractivity contribution in [2.75, 3.05) is 17.1 Å². The van der Waals surface area contributed by atoms with Crippen molar-refractivity contribution >= 4 is 49.8 Å². The molecule has 4 rings (SSSR count). The quantitative estimate of drug-likeness (QED) is 0.339. The highest BCUT2D eigenvalue weighted by atomic mass is 35.5. The number of carbonyl (C=O) groups is 1. The predicted molar refractivity (Wildman–Crippen MR) is 131 cm³/mol. The highest BCUT2D eigenvalue weighted by Crippen LogP contribution is 2.30. The SMILES string of the molecule is COc1ccc(NC(=O)Cc2c(C)[nH]c3ccccc23)cc1S(=O)(=O)Nc1ccc(Cl)cc1. The lowest BCUT2D eigenvalue weighted by atomic mass is 10.1. The average molecular weight is 484 g/mol. The Morgan fingerprint density at radius 1 is 1.03 bits per heavy atom. The van der Waals surface area contributed by atoms with E-state index in [4.69, 9.17) is 16.3 Å². The zero-order valence-corrected chi connectivity index (χ0v) is 19.5. The number of aromatic amines is 1. The number of hydrogen-bond donors (Lipinski definition) is 3. The normalized spacial score (nSPS) is 11.4. The summed E-state index contributed by atoms with van der Waals surface area (Å²) in [5, 5.41) is 4.26. The summed E-state index contributed by atoms with van der Waals surface area (Å²) in [6.45, 7) is 1.92. The number of amides is 1. The third kappa shape index (κ3) is 4.97. The second kappa shape index (κ2) is 9.17. The minimum atomic E-state index is -3.99. The molecule has 0 radical (unpaired) electrons.